The third-order valence-corrected chi connectivity index (χ3v) is 10.4. The molecule has 3 aromatic rings. The van der Waals surface area contributed by atoms with E-state index < -0.39 is 0 Å². The lowest BCUT2D eigenvalue weighted by atomic mass is 9.98. The molecule has 30 heavy (non-hydrogen) atoms. The molecule has 2 unspecified atom stereocenters. The van der Waals surface area contributed by atoms with Gasteiger partial charge in [-0.2, -0.15) is 0 Å². The van der Waals surface area contributed by atoms with E-state index in [4.69, 9.17) is 0 Å². The molecule has 0 aliphatic heterocycles. The van der Waals surface area contributed by atoms with Gasteiger partial charge < -0.3 is 0 Å². The van der Waals surface area contributed by atoms with Gasteiger partial charge in [-0.3, -0.25) is 0 Å². The van der Waals surface area contributed by atoms with Crippen molar-refractivity contribution in [3.63, 3.8) is 0 Å². The van der Waals surface area contributed by atoms with Crippen molar-refractivity contribution >= 4 is 54.5 Å². The van der Waals surface area contributed by atoms with E-state index in [1.54, 1.807) is 0 Å². The molecule has 0 spiro atoms. The van der Waals surface area contributed by atoms with Crippen molar-refractivity contribution in [2.24, 2.45) is 0 Å². The molecule has 4 heteroatoms. The minimum atomic E-state index is 0.643. The van der Waals surface area contributed by atoms with Crippen molar-refractivity contribution in [3.8, 4) is 22.3 Å². The van der Waals surface area contributed by atoms with Crippen LogP contribution in [0.5, 0.6) is 0 Å². The summed E-state index contributed by atoms with van der Waals surface area (Å²) in [6.07, 6.45) is 7.69. The molecule has 2 aromatic heterocycles. The van der Waals surface area contributed by atoms with E-state index in [0.29, 0.717) is 11.8 Å². The van der Waals surface area contributed by atoms with E-state index in [1.807, 2.05) is 22.7 Å². The fourth-order valence-corrected chi connectivity index (χ4v) is 6.96. The van der Waals surface area contributed by atoms with Crippen molar-refractivity contribution in [2.45, 2.75) is 78.1 Å². The number of halogens is 2. The maximum absolute atomic E-state index is 3.88. The standard InChI is InChI=1S/C26H32Br2S2/c1-5-7-9-17(3)23-13-19(15-29-23)21-11-12-22(26(28)25(21)27)20-14-24(30-16-20)18(4)10-8-6-2/h11-18H,5-10H2,1-4H3. The van der Waals surface area contributed by atoms with Crippen LogP contribution in [0.4, 0.5) is 0 Å². The van der Waals surface area contributed by atoms with E-state index in [1.165, 1.54) is 70.5 Å². The van der Waals surface area contributed by atoms with Crippen LogP contribution < -0.4 is 0 Å². The summed E-state index contributed by atoms with van der Waals surface area (Å²) in [5, 5.41) is 4.62. The van der Waals surface area contributed by atoms with Gasteiger partial charge in [-0.25, -0.2) is 0 Å². The number of hydrogen-bond acceptors (Lipinski definition) is 2. The highest BCUT2D eigenvalue weighted by Gasteiger charge is 2.17. The first-order valence-electron chi connectivity index (χ1n) is 11.1. The highest BCUT2D eigenvalue weighted by atomic mass is 79.9. The van der Waals surface area contributed by atoms with Crippen LogP contribution in [-0.4, -0.2) is 0 Å². The zero-order valence-electron chi connectivity index (χ0n) is 18.4. The first-order chi connectivity index (χ1) is 14.5. The van der Waals surface area contributed by atoms with Crippen molar-refractivity contribution in [1.29, 1.82) is 0 Å². The molecule has 0 radical (unpaired) electrons. The molecule has 2 heterocycles. The van der Waals surface area contributed by atoms with Crippen LogP contribution in [-0.2, 0) is 0 Å². The lowest BCUT2D eigenvalue weighted by Gasteiger charge is -2.11. The summed E-state index contributed by atoms with van der Waals surface area (Å²) in [7, 11) is 0. The largest absolute Gasteiger partial charge is 0.148 e. The van der Waals surface area contributed by atoms with Crippen LogP contribution in [0.2, 0.25) is 0 Å². The monoisotopic (exact) mass is 566 g/mol. The quantitative estimate of drug-likeness (QED) is 0.228. The molecule has 1 aromatic carbocycles. The van der Waals surface area contributed by atoms with Crippen molar-refractivity contribution < 1.29 is 0 Å². The van der Waals surface area contributed by atoms with E-state index in [9.17, 15) is 0 Å². The Morgan fingerprint density at radius 1 is 0.733 bits per heavy atom. The lowest BCUT2D eigenvalue weighted by molar-refractivity contribution is 0.632. The minimum absolute atomic E-state index is 0.643. The molecule has 0 fully saturated rings. The van der Waals surface area contributed by atoms with Crippen LogP contribution in [0.15, 0.2) is 44.0 Å². The molecule has 0 amide bonds. The van der Waals surface area contributed by atoms with Crippen molar-refractivity contribution in [2.75, 3.05) is 0 Å². The summed E-state index contributed by atoms with van der Waals surface area (Å²) >= 11 is 11.6. The Kier molecular flexibility index (Phi) is 9.24. The molecule has 0 N–H and O–H groups in total. The Hall–Kier alpha value is -0.420. The van der Waals surface area contributed by atoms with Gasteiger partial charge in [0.2, 0.25) is 0 Å². The van der Waals surface area contributed by atoms with Gasteiger partial charge in [-0.1, -0.05) is 65.5 Å². The summed E-state index contributed by atoms with van der Waals surface area (Å²) in [5.74, 6) is 1.29. The Balaban J connectivity index is 1.83. The fourth-order valence-electron chi connectivity index (χ4n) is 3.81. The Morgan fingerprint density at radius 2 is 1.13 bits per heavy atom. The summed E-state index contributed by atoms with van der Waals surface area (Å²) < 4.78 is 2.30. The molecular weight excluding hydrogens is 536 g/mol. The van der Waals surface area contributed by atoms with Gasteiger partial charge in [-0.15, -0.1) is 22.7 Å². The number of unbranched alkanes of at least 4 members (excludes halogenated alkanes) is 2. The van der Waals surface area contributed by atoms with E-state index >= 15 is 0 Å². The van der Waals surface area contributed by atoms with Crippen molar-refractivity contribution in [3.05, 3.63) is 53.7 Å². The maximum atomic E-state index is 3.88. The SMILES string of the molecule is CCCCC(C)c1cc(-c2ccc(-c3csc(C(C)CCCC)c3)c(Br)c2Br)cs1. The van der Waals surface area contributed by atoms with Crippen LogP contribution >= 0.6 is 54.5 Å². The lowest BCUT2D eigenvalue weighted by Crippen LogP contribution is -1.90. The summed E-state index contributed by atoms with van der Waals surface area (Å²) in [6.45, 7) is 9.25. The van der Waals surface area contributed by atoms with Gasteiger partial charge in [0.15, 0.2) is 0 Å². The van der Waals surface area contributed by atoms with E-state index in [2.05, 4.69) is 94.6 Å². The molecule has 0 aliphatic carbocycles. The molecule has 162 valence electrons. The predicted molar refractivity (Wildman–Crippen MR) is 144 cm³/mol. The molecule has 2 atom stereocenters. The molecular formula is C26H32Br2S2. The van der Waals surface area contributed by atoms with E-state index in [-0.39, 0.29) is 0 Å². The average Bonchev–Trinajstić information content (AvgIpc) is 3.42. The number of thiophene rings is 2. The van der Waals surface area contributed by atoms with Crippen molar-refractivity contribution in [1.82, 2.24) is 0 Å². The topological polar surface area (TPSA) is 0 Å². The van der Waals surface area contributed by atoms with Gasteiger partial charge >= 0.3 is 0 Å². The summed E-state index contributed by atoms with van der Waals surface area (Å²) in [6, 6.07) is 9.31. The Bertz CT molecular complexity index is 877. The molecule has 0 bridgehead atoms. The second-order valence-corrected chi connectivity index (χ2v) is 11.8. The molecule has 3 rings (SSSR count). The van der Waals surface area contributed by atoms with E-state index in [0.717, 1.165) is 8.95 Å². The summed E-state index contributed by atoms with van der Waals surface area (Å²) in [5.41, 5.74) is 5.17. The highest BCUT2D eigenvalue weighted by molar-refractivity contribution is 9.13. The molecule has 0 nitrogen and oxygen atoms in total. The molecule has 0 saturated heterocycles. The predicted octanol–water partition coefficient (Wildman–Crippen LogP) is 11.3. The normalized spacial score (nSPS) is 13.5. The average molecular weight is 568 g/mol. The van der Waals surface area contributed by atoms with Gasteiger partial charge in [0.1, 0.15) is 0 Å². The molecule has 0 saturated carbocycles. The third kappa shape index (κ3) is 5.68. The Morgan fingerprint density at radius 3 is 1.50 bits per heavy atom. The van der Waals surface area contributed by atoms with Gasteiger partial charge in [0.25, 0.3) is 0 Å². The first kappa shape index (κ1) is 24.2. The van der Waals surface area contributed by atoms with Gasteiger partial charge in [0, 0.05) is 18.7 Å². The number of benzene rings is 1. The van der Waals surface area contributed by atoms with Crippen LogP contribution in [0, 0.1) is 0 Å². The van der Waals surface area contributed by atoms with Gasteiger partial charge in [-0.05, 0) is 102 Å². The molecule has 0 aliphatic rings. The minimum Gasteiger partial charge on any atom is -0.148 e. The maximum Gasteiger partial charge on any atom is 0.0402 e. The second kappa shape index (κ2) is 11.4. The second-order valence-electron chi connectivity index (χ2n) is 8.35. The Labute approximate surface area is 207 Å². The zero-order valence-corrected chi connectivity index (χ0v) is 23.2. The van der Waals surface area contributed by atoms with Crippen LogP contribution in [0.3, 0.4) is 0 Å². The first-order valence-corrected chi connectivity index (χ1v) is 14.5. The summed E-state index contributed by atoms with van der Waals surface area (Å²) in [4.78, 5) is 2.99. The van der Waals surface area contributed by atoms with Gasteiger partial charge in [0.05, 0.1) is 0 Å². The van der Waals surface area contributed by atoms with Crippen LogP contribution in [0.1, 0.15) is 87.8 Å². The number of hydrogen-bond donors (Lipinski definition) is 0. The smallest absolute Gasteiger partial charge is 0.0402 e. The number of rotatable bonds is 10. The highest BCUT2D eigenvalue weighted by Crippen LogP contribution is 2.44. The third-order valence-electron chi connectivity index (χ3n) is 5.90. The fraction of sp³-hybridized carbons (Fsp3) is 0.462. The zero-order chi connectivity index (χ0) is 21.7. The van der Waals surface area contributed by atoms with Crippen LogP contribution in [0.25, 0.3) is 22.3 Å².